The van der Waals surface area contributed by atoms with E-state index >= 15 is 0 Å². The maximum Gasteiger partial charge on any atom is 0.255 e. The predicted molar refractivity (Wildman–Crippen MR) is 93.8 cm³/mol. The van der Waals surface area contributed by atoms with Gasteiger partial charge < -0.3 is 10.3 Å². The lowest BCUT2D eigenvalue weighted by Gasteiger charge is -2.18. The molecule has 1 heterocycles. The highest BCUT2D eigenvalue weighted by Gasteiger charge is 2.20. The SMILES string of the molecule is CC1CCc2[nH]c3ccc(C(=O)Nc4ccc(F)cc4F)cc3c2C1. The van der Waals surface area contributed by atoms with Crippen LogP contribution in [0, 0.1) is 17.6 Å². The largest absolute Gasteiger partial charge is 0.358 e. The quantitative estimate of drug-likeness (QED) is 0.690. The van der Waals surface area contributed by atoms with Crippen molar-refractivity contribution in [1.82, 2.24) is 4.98 Å². The van der Waals surface area contributed by atoms with Crippen molar-refractivity contribution in [2.24, 2.45) is 5.92 Å². The third-order valence-electron chi connectivity index (χ3n) is 4.88. The normalized spacial score (nSPS) is 16.7. The van der Waals surface area contributed by atoms with Crippen LogP contribution >= 0.6 is 0 Å². The Hall–Kier alpha value is -2.69. The van der Waals surface area contributed by atoms with Crippen molar-refractivity contribution in [3.8, 4) is 0 Å². The molecule has 1 aliphatic rings. The van der Waals surface area contributed by atoms with E-state index in [1.165, 1.54) is 17.3 Å². The van der Waals surface area contributed by atoms with E-state index in [1.807, 2.05) is 12.1 Å². The number of anilines is 1. The van der Waals surface area contributed by atoms with E-state index in [1.54, 1.807) is 6.07 Å². The van der Waals surface area contributed by atoms with Gasteiger partial charge in [-0.2, -0.15) is 0 Å². The molecule has 0 bridgehead atoms. The number of H-pyrrole nitrogens is 1. The number of amides is 1. The first-order chi connectivity index (χ1) is 12.0. The minimum Gasteiger partial charge on any atom is -0.358 e. The number of carbonyl (C=O) groups excluding carboxylic acids is 1. The van der Waals surface area contributed by atoms with Gasteiger partial charge in [-0.25, -0.2) is 8.78 Å². The summed E-state index contributed by atoms with van der Waals surface area (Å²) in [7, 11) is 0. The zero-order chi connectivity index (χ0) is 17.6. The fraction of sp³-hybridized carbons (Fsp3) is 0.250. The third-order valence-corrected chi connectivity index (χ3v) is 4.88. The van der Waals surface area contributed by atoms with Crippen LogP contribution in [0.1, 0.15) is 35.0 Å². The summed E-state index contributed by atoms with van der Waals surface area (Å²) < 4.78 is 26.7. The second kappa shape index (κ2) is 5.99. The van der Waals surface area contributed by atoms with Gasteiger partial charge in [-0.1, -0.05) is 6.92 Å². The van der Waals surface area contributed by atoms with Crippen LogP contribution in [0.25, 0.3) is 10.9 Å². The van der Waals surface area contributed by atoms with Crippen LogP contribution in [0.2, 0.25) is 0 Å². The molecule has 0 aliphatic heterocycles. The van der Waals surface area contributed by atoms with Gasteiger partial charge in [0.2, 0.25) is 0 Å². The topological polar surface area (TPSA) is 44.9 Å². The Bertz CT molecular complexity index is 977. The van der Waals surface area contributed by atoms with Crippen molar-refractivity contribution in [2.45, 2.75) is 26.2 Å². The second-order valence-corrected chi connectivity index (χ2v) is 6.77. The van der Waals surface area contributed by atoms with Crippen LogP contribution in [-0.4, -0.2) is 10.9 Å². The Balaban J connectivity index is 1.67. The van der Waals surface area contributed by atoms with E-state index in [0.29, 0.717) is 11.5 Å². The Morgan fingerprint density at radius 1 is 1.20 bits per heavy atom. The van der Waals surface area contributed by atoms with Gasteiger partial charge in [-0.05, 0) is 61.1 Å². The molecule has 0 saturated carbocycles. The zero-order valence-electron chi connectivity index (χ0n) is 13.8. The summed E-state index contributed by atoms with van der Waals surface area (Å²) in [6.07, 6.45) is 3.18. The lowest BCUT2D eigenvalue weighted by molar-refractivity contribution is 0.102. The number of nitrogens with one attached hydrogen (secondary N) is 2. The Labute approximate surface area is 144 Å². The first-order valence-electron chi connectivity index (χ1n) is 8.41. The maximum absolute atomic E-state index is 13.7. The standard InChI is InChI=1S/C20H18F2N2O/c1-11-2-5-17-14(8-11)15-9-12(3-6-18(15)23-17)20(25)24-19-7-4-13(21)10-16(19)22/h3-4,6-7,9-11,23H,2,5,8H2,1H3,(H,24,25). The van der Waals surface area contributed by atoms with Gasteiger partial charge in [0.05, 0.1) is 5.69 Å². The number of fused-ring (bicyclic) bond motifs is 3. The number of hydrogen-bond donors (Lipinski definition) is 2. The molecular formula is C20H18F2N2O. The lowest BCUT2D eigenvalue weighted by Crippen LogP contribution is -2.13. The number of aromatic nitrogens is 1. The van der Waals surface area contributed by atoms with E-state index in [9.17, 15) is 13.6 Å². The number of hydrogen-bond acceptors (Lipinski definition) is 1. The summed E-state index contributed by atoms with van der Waals surface area (Å²) in [6.45, 7) is 2.23. The molecule has 3 aromatic rings. The highest BCUT2D eigenvalue weighted by atomic mass is 19.1. The second-order valence-electron chi connectivity index (χ2n) is 6.77. The molecule has 4 rings (SSSR count). The molecule has 0 radical (unpaired) electrons. The molecule has 1 amide bonds. The first-order valence-corrected chi connectivity index (χ1v) is 8.41. The minimum atomic E-state index is -0.790. The van der Waals surface area contributed by atoms with Crippen LogP contribution in [0.15, 0.2) is 36.4 Å². The highest BCUT2D eigenvalue weighted by molar-refractivity contribution is 6.06. The minimum absolute atomic E-state index is 0.0313. The van der Waals surface area contributed by atoms with Gasteiger partial charge in [-0.3, -0.25) is 4.79 Å². The maximum atomic E-state index is 13.7. The van der Waals surface area contributed by atoms with E-state index in [2.05, 4.69) is 17.2 Å². The monoisotopic (exact) mass is 340 g/mol. The summed E-state index contributed by atoms with van der Waals surface area (Å²) in [4.78, 5) is 15.9. The van der Waals surface area contributed by atoms with Gasteiger partial charge in [0, 0.05) is 28.2 Å². The van der Waals surface area contributed by atoms with Crippen LogP contribution < -0.4 is 5.32 Å². The van der Waals surface area contributed by atoms with Crippen molar-refractivity contribution in [2.75, 3.05) is 5.32 Å². The molecule has 1 unspecified atom stereocenters. The summed E-state index contributed by atoms with van der Waals surface area (Å²) in [5.74, 6) is -1.25. The van der Waals surface area contributed by atoms with E-state index in [0.717, 1.165) is 42.3 Å². The number of carbonyl (C=O) groups is 1. The average Bonchev–Trinajstić information content (AvgIpc) is 2.94. The predicted octanol–water partition coefficient (Wildman–Crippen LogP) is 4.82. The molecule has 1 atom stereocenters. The number of rotatable bonds is 2. The molecule has 3 nitrogen and oxygen atoms in total. The third kappa shape index (κ3) is 2.90. The molecule has 2 N–H and O–H groups in total. The molecule has 0 fully saturated rings. The Morgan fingerprint density at radius 3 is 2.84 bits per heavy atom. The van der Waals surface area contributed by atoms with Crippen molar-refractivity contribution in [1.29, 1.82) is 0 Å². The van der Waals surface area contributed by atoms with Gasteiger partial charge >= 0.3 is 0 Å². The zero-order valence-corrected chi connectivity index (χ0v) is 13.8. The van der Waals surface area contributed by atoms with E-state index < -0.39 is 17.5 Å². The summed E-state index contributed by atoms with van der Waals surface area (Å²) in [5.41, 5.74) is 3.96. The van der Waals surface area contributed by atoms with Gasteiger partial charge in [0.15, 0.2) is 0 Å². The average molecular weight is 340 g/mol. The molecule has 1 aliphatic carbocycles. The number of aromatic amines is 1. The highest BCUT2D eigenvalue weighted by Crippen LogP contribution is 2.32. The van der Waals surface area contributed by atoms with Gasteiger partial charge in [0.1, 0.15) is 11.6 Å². The molecule has 25 heavy (non-hydrogen) atoms. The fourth-order valence-corrected chi connectivity index (χ4v) is 3.52. The smallest absolute Gasteiger partial charge is 0.255 e. The number of benzene rings is 2. The van der Waals surface area contributed by atoms with E-state index in [-0.39, 0.29) is 5.69 Å². The number of halogens is 2. The number of aryl methyl sites for hydroxylation is 1. The van der Waals surface area contributed by atoms with Crippen LogP contribution in [-0.2, 0) is 12.8 Å². The molecule has 5 heteroatoms. The van der Waals surface area contributed by atoms with Crippen LogP contribution in [0.4, 0.5) is 14.5 Å². The molecule has 128 valence electrons. The molecule has 1 aromatic heterocycles. The molecular weight excluding hydrogens is 322 g/mol. The fourth-order valence-electron chi connectivity index (χ4n) is 3.52. The van der Waals surface area contributed by atoms with Crippen LogP contribution in [0.3, 0.4) is 0 Å². The summed E-state index contributed by atoms with van der Waals surface area (Å²) in [6, 6.07) is 8.54. The molecule has 0 saturated heterocycles. The van der Waals surface area contributed by atoms with Crippen molar-refractivity contribution < 1.29 is 13.6 Å². The van der Waals surface area contributed by atoms with Crippen LogP contribution in [0.5, 0.6) is 0 Å². The van der Waals surface area contributed by atoms with Gasteiger partial charge in [0.25, 0.3) is 5.91 Å². The van der Waals surface area contributed by atoms with Crippen molar-refractivity contribution >= 4 is 22.5 Å². The first kappa shape index (κ1) is 15.8. The lowest BCUT2D eigenvalue weighted by atomic mass is 9.87. The van der Waals surface area contributed by atoms with Gasteiger partial charge in [-0.15, -0.1) is 0 Å². The Morgan fingerprint density at radius 2 is 2.04 bits per heavy atom. The summed E-state index contributed by atoms with van der Waals surface area (Å²) in [5, 5.41) is 3.56. The van der Waals surface area contributed by atoms with Crippen molar-refractivity contribution in [3.05, 3.63) is 64.9 Å². The molecule has 0 spiro atoms. The summed E-state index contributed by atoms with van der Waals surface area (Å²) >= 11 is 0. The molecule has 2 aromatic carbocycles. The van der Waals surface area contributed by atoms with E-state index in [4.69, 9.17) is 0 Å². The Kier molecular flexibility index (Phi) is 3.79. The van der Waals surface area contributed by atoms with Crippen molar-refractivity contribution in [3.63, 3.8) is 0 Å².